The van der Waals surface area contributed by atoms with Gasteiger partial charge in [-0.2, -0.15) is 8.42 Å². The summed E-state index contributed by atoms with van der Waals surface area (Å²) in [6, 6.07) is 0. The Labute approximate surface area is 71.7 Å². The molecule has 1 rings (SSSR count). The normalized spacial score (nSPS) is 29.0. The standard InChI is InChI=1S/C7H12O4S/c1-2-3-7(4-6(7)8)5-12(9,10)11/h2-5H2,1H3,(H,9,10,11)/t7-/m1/s1. The number of ketones is 1. The van der Waals surface area contributed by atoms with Crippen molar-refractivity contribution >= 4 is 15.9 Å². The van der Waals surface area contributed by atoms with Crippen molar-refractivity contribution in [2.75, 3.05) is 5.75 Å². The number of rotatable bonds is 4. The second-order valence-corrected chi connectivity index (χ2v) is 4.81. The molecular weight excluding hydrogens is 180 g/mol. The highest BCUT2D eigenvalue weighted by atomic mass is 32.2. The van der Waals surface area contributed by atoms with Gasteiger partial charge in [0.05, 0.1) is 11.2 Å². The van der Waals surface area contributed by atoms with Crippen LogP contribution >= 0.6 is 0 Å². The summed E-state index contributed by atoms with van der Waals surface area (Å²) < 4.78 is 29.6. The molecule has 1 aliphatic rings. The van der Waals surface area contributed by atoms with Gasteiger partial charge in [0.15, 0.2) is 0 Å². The van der Waals surface area contributed by atoms with Crippen molar-refractivity contribution in [3.05, 3.63) is 0 Å². The summed E-state index contributed by atoms with van der Waals surface area (Å²) in [4.78, 5) is 10.9. The van der Waals surface area contributed by atoms with Crippen molar-refractivity contribution in [2.24, 2.45) is 5.41 Å². The minimum absolute atomic E-state index is 0.0398. The van der Waals surface area contributed by atoms with Crippen LogP contribution in [0.4, 0.5) is 0 Å². The average molecular weight is 192 g/mol. The van der Waals surface area contributed by atoms with Crippen molar-refractivity contribution in [1.82, 2.24) is 0 Å². The SMILES string of the molecule is CCC[C@]1(CS(=O)(=O)O)CC1=O. The van der Waals surface area contributed by atoms with Crippen molar-refractivity contribution in [3.8, 4) is 0 Å². The summed E-state index contributed by atoms with van der Waals surface area (Å²) in [5, 5.41) is 0. The first-order valence-corrected chi connectivity index (χ1v) is 5.49. The van der Waals surface area contributed by atoms with Crippen LogP contribution in [-0.4, -0.2) is 24.5 Å². The highest BCUT2D eigenvalue weighted by molar-refractivity contribution is 7.85. The summed E-state index contributed by atoms with van der Waals surface area (Å²) >= 11 is 0. The third-order valence-corrected chi connectivity index (χ3v) is 3.07. The number of carbonyl (C=O) groups is 1. The number of hydrogen-bond acceptors (Lipinski definition) is 3. The molecule has 0 aromatic rings. The van der Waals surface area contributed by atoms with Crippen molar-refractivity contribution < 1.29 is 17.8 Å². The number of carbonyl (C=O) groups excluding carboxylic acids is 1. The van der Waals surface area contributed by atoms with Gasteiger partial charge < -0.3 is 0 Å². The van der Waals surface area contributed by atoms with Crippen molar-refractivity contribution in [3.63, 3.8) is 0 Å². The smallest absolute Gasteiger partial charge is 0.265 e. The first kappa shape index (κ1) is 9.67. The fourth-order valence-electron chi connectivity index (χ4n) is 1.52. The van der Waals surface area contributed by atoms with Crippen molar-refractivity contribution in [2.45, 2.75) is 26.2 Å². The predicted octanol–water partition coefficient (Wildman–Crippen LogP) is 0.634. The maximum Gasteiger partial charge on any atom is 0.265 e. The molecule has 70 valence electrons. The molecular formula is C7H12O4S. The van der Waals surface area contributed by atoms with E-state index in [9.17, 15) is 13.2 Å². The molecule has 12 heavy (non-hydrogen) atoms. The van der Waals surface area contributed by atoms with Crippen LogP contribution in [0, 0.1) is 5.41 Å². The molecule has 0 unspecified atom stereocenters. The van der Waals surface area contributed by atoms with E-state index in [1.54, 1.807) is 0 Å². The van der Waals surface area contributed by atoms with E-state index in [0.29, 0.717) is 12.8 Å². The molecule has 5 heteroatoms. The zero-order valence-corrected chi connectivity index (χ0v) is 7.73. The first-order chi connectivity index (χ1) is 5.40. The number of Topliss-reactive ketones (excluding diaryl/α,β-unsaturated/α-hetero) is 1. The Bertz CT molecular complexity index is 293. The van der Waals surface area contributed by atoms with E-state index < -0.39 is 21.3 Å². The predicted molar refractivity (Wildman–Crippen MR) is 43.4 cm³/mol. The van der Waals surface area contributed by atoms with Crippen LogP contribution in [-0.2, 0) is 14.9 Å². The van der Waals surface area contributed by atoms with Gasteiger partial charge in [0, 0.05) is 6.42 Å². The molecule has 0 radical (unpaired) electrons. The molecule has 0 aromatic heterocycles. The molecule has 1 fully saturated rings. The van der Waals surface area contributed by atoms with Gasteiger partial charge in [-0.1, -0.05) is 13.3 Å². The van der Waals surface area contributed by atoms with Crippen LogP contribution in [0.15, 0.2) is 0 Å². The van der Waals surface area contributed by atoms with Gasteiger partial charge in [0.1, 0.15) is 5.78 Å². The monoisotopic (exact) mass is 192 g/mol. The second-order valence-electron chi connectivity index (χ2n) is 3.36. The zero-order valence-electron chi connectivity index (χ0n) is 6.91. The second kappa shape index (κ2) is 2.81. The lowest BCUT2D eigenvalue weighted by Gasteiger charge is -2.07. The molecule has 0 amide bonds. The molecule has 1 atom stereocenters. The Kier molecular flexibility index (Phi) is 2.27. The van der Waals surface area contributed by atoms with E-state index in [4.69, 9.17) is 4.55 Å². The van der Waals surface area contributed by atoms with E-state index in [1.165, 1.54) is 0 Å². The third kappa shape index (κ3) is 2.04. The highest BCUT2D eigenvalue weighted by Crippen LogP contribution is 2.46. The van der Waals surface area contributed by atoms with Gasteiger partial charge in [0.25, 0.3) is 10.1 Å². The molecule has 0 heterocycles. The maximum atomic E-state index is 10.9. The lowest BCUT2D eigenvalue weighted by atomic mass is 10.0. The summed E-state index contributed by atoms with van der Waals surface area (Å²) in [6.07, 6.45) is 1.63. The molecule has 0 bridgehead atoms. The molecule has 1 saturated carbocycles. The summed E-state index contributed by atoms with van der Waals surface area (Å²) in [7, 11) is -4.00. The highest BCUT2D eigenvalue weighted by Gasteiger charge is 2.54. The molecule has 1 N–H and O–H groups in total. The van der Waals surface area contributed by atoms with Crippen LogP contribution in [0.1, 0.15) is 26.2 Å². The Morgan fingerprint density at radius 3 is 2.33 bits per heavy atom. The molecule has 0 saturated heterocycles. The van der Waals surface area contributed by atoms with E-state index in [-0.39, 0.29) is 5.78 Å². The first-order valence-electron chi connectivity index (χ1n) is 3.88. The van der Waals surface area contributed by atoms with Crippen LogP contribution < -0.4 is 0 Å². The molecule has 1 aliphatic carbocycles. The quantitative estimate of drug-likeness (QED) is 0.663. The van der Waals surface area contributed by atoms with Crippen LogP contribution in [0.2, 0.25) is 0 Å². The van der Waals surface area contributed by atoms with Crippen LogP contribution in [0.3, 0.4) is 0 Å². The van der Waals surface area contributed by atoms with Crippen LogP contribution in [0.5, 0.6) is 0 Å². The van der Waals surface area contributed by atoms with Crippen LogP contribution in [0.25, 0.3) is 0 Å². The topological polar surface area (TPSA) is 71.4 Å². The lowest BCUT2D eigenvalue weighted by molar-refractivity contribution is -0.112. The van der Waals surface area contributed by atoms with Gasteiger partial charge in [-0.05, 0) is 6.42 Å². The Morgan fingerprint density at radius 1 is 1.58 bits per heavy atom. The largest absolute Gasteiger partial charge is 0.299 e. The Morgan fingerprint density at radius 2 is 2.08 bits per heavy atom. The Balaban J connectivity index is 2.66. The molecule has 4 nitrogen and oxygen atoms in total. The summed E-state index contributed by atoms with van der Waals surface area (Å²) in [5.41, 5.74) is -0.734. The summed E-state index contributed by atoms with van der Waals surface area (Å²) in [5.74, 6) is -0.436. The van der Waals surface area contributed by atoms with Gasteiger partial charge in [-0.15, -0.1) is 0 Å². The van der Waals surface area contributed by atoms with Gasteiger partial charge in [-0.25, -0.2) is 0 Å². The van der Waals surface area contributed by atoms with E-state index >= 15 is 0 Å². The van der Waals surface area contributed by atoms with E-state index in [1.807, 2.05) is 6.92 Å². The minimum Gasteiger partial charge on any atom is -0.299 e. The molecule has 0 spiro atoms. The fourth-order valence-corrected chi connectivity index (χ4v) is 2.63. The third-order valence-electron chi connectivity index (χ3n) is 2.15. The Hall–Kier alpha value is -0.420. The lowest BCUT2D eigenvalue weighted by Crippen LogP contribution is -2.18. The van der Waals surface area contributed by atoms with Gasteiger partial charge >= 0.3 is 0 Å². The average Bonchev–Trinajstić information content (AvgIpc) is 2.37. The van der Waals surface area contributed by atoms with Crippen molar-refractivity contribution in [1.29, 1.82) is 0 Å². The zero-order chi connectivity index (χ0) is 9.41. The van der Waals surface area contributed by atoms with Gasteiger partial charge in [0.2, 0.25) is 0 Å². The molecule has 0 aromatic carbocycles. The number of hydrogen-bond donors (Lipinski definition) is 1. The van der Waals surface area contributed by atoms with E-state index in [2.05, 4.69) is 0 Å². The summed E-state index contributed by atoms with van der Waals surface area (Å²) in [6.45, 7) is 1.89. The maximum absolute atomic E-state index is 10.9. The molecule has 0 aliphatic heterocycles. The fraction of sp³-hybridized carbons (Fsp3) is 0.857. The van der Waals surface area contributed by atoms with E-state index in [0.717, 1.165) is 6.42 Å². The van der Waals surface area contributed by atoms with Gasteiger partial charge in [-0.3, -0.25) is 9.35 Å². The minimum atomic E-state index is -4.00.